The molecule has 150 valence electrons. The van der Waals surface area contributed by atoms with Crippen molar-refractivity contribution in [3.05, 3.63) is 70.1 Å². The zero-order chi connectivity index (χ0) is 20.6. The highest BCUT2D eigenvalue weighted by molar-refractivity contribution is 5.91. The van der Waals surface area contributed by atoms with Crippen molar-refractivity contribution in [2.24, 2.45) is 0 Å². The monoisotopic (exact) mass is 398 g/mol. The van der Waals surface area contributed by atoms with Gasteiger partial charge < -0.3 is 19.3 Å². The number of carbonyl (C=O) groups excluding carboxylic acids is 1. The standard InChI is InChI=1S/C19H18N4O6/c1-27-10-9-20-15-8-7-14(11-16(15)23(25)26)19(24)28-12-17-21-18(22-29-17)13-5-3-2-4-6-13/h2-8,11,20H,9-10,12H2,1H3. The van der Waals surface area contributed by atoms with Gasteiger partial charge in [0.2, 0.25) is 5.82 Å². The number of esters is 1. The molecule has 0 saturated carbocycles. The van der Waals surface area contributed by atoms with Gasteiger partial charge in [-0.15, -0.1) is 0 Å². The molecule has 2 aromatic carbocycles. The Morgan fingerprint density at radius 2 is 2.03 bits per heavy atom. The average Bonchev–Trinajstić information content (AvgIpc) is 3.22. The fraction of sp³-hybridized carbons (Fsp3) is 0.211. The van der Waals surface area contributed by atoms with Gasteiger partial charge in [0, 0.05) is 25.3 Å². The summed E-state index contributed by atoms with van der Waals surface area (Å²) >= 11 is 0. The number of carbonyl (C=O) groups is 1. The van der Waals surface area contributed by atoms with Crippen LogP contribution in [0.4, 0.5) is 11.4 Å². The van der Waals surface area contributed by atoms with E-state index in [4.69, 9.17) is 14.0 Å². The second kappa shape index (κ2) is 9.42. The Kier molecular flexibility index (Phi) is 6.48. The Balaban J connectivity index is 1.65. The van der Waals surface area contributed by atoms with E-state index in [-0.39, 0.29) is 29.4 Å². The van der Waals surface area contributed by atoms with E-state index >= 15 is 0 Å². The fourth-order valence-electron chi connectivity index (χ4n) is 2.48. The number of methoxy groups -OCH3 is 1. The van der Waals surface area contributed by atoms with Crippen LogP contribution in [0.25, 0.3) is 11.4 Å². The molecular formula is C19H18N4O6. The van der Waals surface area contributed by atoms with Crippen LogP contribution in [0.2, 0.25) is 0 Å². The van der Waals surface area contributed by atoms with Gasteiger partial charge in [0.15, 0.2) is 6.61 Å². The molecule has 0 aliphatic heterocycles. The first-order valence-electron chi connectivity index (χ1n) is 8.65. The zero-order valence-electron chi connectivity index (χ0n) is 15.5. The van der Waals surface area contributed by atoms with Crippen molar-refractivity contribution in [3.8, 4) is 11.4 Å². The lowest BCUT2D eigenvalue weighted by atomic mass is 10.1. The number of ether oxygens (including phenoxy) is 2. The van der Waals surface area contributed by atoms with Crippen LogP contribution in [0.15, 0.2) is 53.1 Å². The van der Waals surface area contributed by atoms with Gasteiger partial charge in [-0.3, -0.25) is 10.1 Å². The van der Waals surface area contributed by atoms with Crippen molar-refractivity contribution in [2.75, 3.05) is 25.6 Å². The Morgan fingerprint density at radius 3 is 2.76 bits per heavy atom. The molecule has 0 radical (unpaired) electrons. The maximum absolute atomic E-state index is 12.3. The molecular weight excluding hydrogens is 380 g/mol. The third-order valence-corrected chi connectivity index (χ3v) is 3.88. The summed E-state index contributed by atoms with van der Waals surface area (Å²) in [6.45, 7) is 0.526. The second-order valence-electron chi connectivity index (χ2n) is 5.86. The summed E-state index contributed by atoms with van der Waals surface area (Å²) in [5, 5.41) is 18.0. The van der Waals surface area contributed by atoms with E-state index in [1.807, 2.05) is 30.3 Å². The number of rotatable bonds is 9. The minimum Gasteiger partial charge on any atom is -0.452 e. The summed E-state index contributed by atoms with van der Waals surface area (Å²) in [4.78, 5) is 27.2. The number of nitrogens with zero attached hydrogens (tertiary/aromatic N) is 3. The Bertz CT molecular complexity index is 989. The topological polar surface area (TPSA) is 130 Å². The molecule has 0 spiro atoms. The molecule has 3 aromatic rings. The van der Waals surface area contributed by atoms with Crippen LogP contribution >= 0.6 is 0 Å². The molecule has 10 nitrogen and oxygen atoms in total. The smallest absolute Gasteiger partial charge is 0.338 e. The van der Waals surface area contributed by atoms with Crippen LogP contribution in [-0.2, 0) is 16.1 Å². The maximum Gasteiger partial charge on any atom is 0.338 e. The van der Waals surface area contributed by atoms with E-state index in [0.29, 0.717) is 19.0 Å². The molecule has 29 heavy (non-hydrogen) atoms. The summed E-state index contributed by atoms with van der Waals surface area (Å²) in [6, 6.07) is 13.2. The molecule has 0 unspecified atom stereocenters. The molecule has 0 bridgehead atoms. The lowest BCUT2D eigenvalue weighted by Crippen LogP contribution is -2.11. The van der Waals surface area contributed by atoms with Crippen LogP contribution in [0.3, 0.4) is 0 Å². The summed E-state index contributed by atoms with van der Waals surface area (Å²) < 4.78 is 15.1. The summed E-state index contributed by atoms with van der Waals surface area (Å²) in [5.74, 6) is -0.251. The van der Waals surface area contributed by atoms with Gasteiger partial charge in [0.05, 0.1) is 17.1 Å². The van der Waals surface area contributed by atoms with Gasteiger partial charge in [-0.25, -0.2) is 4.79 Å². The fourth-order valence-corrected chi connectivity index (χ4v) is 2.48. The lowest BCUT2D eigenvalue weighted by molar-refractivity contribution is -0.384. The van der Waals surface area contributed by atoms with E-state index in [0.717, 1.165) is 11.6 Å². The van der Waals surface area contributed by atoms with Gasteiger partial charge in [-0.1, -0.05) is 35.5 Å². The maximum atomic E-state index is 12.3. The average molecular weight is 398 g/mol. The van der Waals surface area contributed by atoms with Crippen molar-refractivity contribution < 1.29 is 23.7 Å². The highest BCUT2D eigenvalue weighted by atomic mass is 16.6. The van der Waals surface area contributed by atoms with Gasteiger partial charge in [-0.2, -0.15) is 4.98 Å². The second-order valence-corrected chi connectivity index (χ2v) is 5.86. The molecule has 0 fully saturated rings. The zero-order valence-corrected chi connectivity index (χ0v) is 15.5. The van der Waals surface area contributed by atoms with E-state index in [2.05, 4.69) is 15.5 Å². The van der Waals surface area contributed by atoms with E-state index < -0.39 is 10.9 Å². The molecule has 0 aliphatic rings. The third-order valence-electron chi connectivity index (χ3n) is 3.88. The van der Waals surface area contributed by atoms with Gasteiger partial charge >= 0.3 is 5.97 Å². The molecule has 0 aliphatic carbocycles. The number of nitro benzene ring substituents is 1. The number of anilines is 1. The number of nitro groups is 1. The Hall–Kier alpha value is -3.79. The predicted octanol–water partition coefficient (Wildman–Crippen LogP) is 3.06. The third kappa shape index (κ3) is 5.14. The number of hydrogen-bond donors (Lipinski definition) is 1. The highest BCUT2D eigenvalue weighted by Gasteiger charge is 2.19. The van der Waals surface area contributed by atoms with E-state index in [1.54, 1.807) is 0 Å². The number of benzene rings is 2. The van der Waals surface area contributed by atoms with E-state index in [1.165, 1.54) is 19.2 Å². The van der Waals surface area contributed by atoms with Gasteiger partial charge in [0.25, 0.3) is 11.6 Å². The first-order valence-corrected chi connectivity index (χ1v) is 8.65. The van der Waals surface area contributed by atoms with Crippen molar-refractivity contribution in [1.82, 2.24) is 10.1 Å². The lowest BCUT2D eigenvalue weighted by Gasteiger charge is -2.08. The SMILES string of the molecule is COCCNc1ccc(C(=O)OCc2nc(-c3ccccc3)no2)cc1[N+](=O)[O-]. The van der Waals surface area contributed by atoms with Crippen LogP contribution in [0.1, 0.15) is 16.2 Å². The first-order chi connectivity index (χ1) is 14.1. The summed E-state index contributed by atoms with van der Waals surface area (Å²) in [5.41, 5.74) is 0.852. The quantitative estimate of drug-likeness (QED) is 0.250. The molecule has 3 rings (SSSR count). The van der Waals surface area contributed by atoms with Crippen molar-refractivity contribution in [1.29, 1.82) is 0 Å². The molecule has 1 aromatic heterocycles. The summed E-state index contributed by atoms with van der Waals surface area (Å²) in [6.07, 6.45) is 0. The molecule has 1 heterocycles. The normalized spacial score (nSPS) is 10.5. The molecule has 10 heteroatoms. The largest absolute Gasteiger partial charge is 0.452 e. The van der Waals surface area contributed by atoms with Crippen molar-refractivity contribution in [2.45, 2.75) is 6.61 Å². The number of nitrogens with one attached hydrogen (secondary N) is 1. The Labute approximate surface area is 165 Å². The van der Waals surface area contributed by atoms with Crippen LogP contribution in [0.5, 0.6) is 0 Å². The van der Waals surface area contributed by atoms with E-state index in [9.17, 15) is 14.9 Å². The van der Waals surface area contributed by atoms with Crippen LogP contribution in [-0.4, -0.2) is 41.3 Å². The highest BCUT2D eigenvalue weighted by Crippen LogP contribution is 2.26. The molecule has 0 atom stereocenters. The molecule has 0 amide bonds. The van der Waals surface area contributed by atoms with Crippen molar-refractivity contribution in [3.63, 3.8) is 0 Å². The molecule has 0 saturated heterocycles. The summed E-state index contributed by atoms with van der Waals surface area (Å²) in [7, 11) is 1.53. The van der Waals surface area contributed by atoms with Crippen molar-refractivity contribution >= 4 is 17.3 Å². The van der Waals surface area contributed by atoms with Gasteiger partial charge in [-0.05, 0) is 12.1 Å². The number of hydrogen-bond acceptors (Lipinski definition) is 9. The van der Waals surface area contributed by atoms with Crippen LogP contribution < -0.4 is 5.32 Å². The Morgan fingerprint density at radius 1 is 1.24 bits per heavy atom. The minimum atomic E-state index is -0.740. The van der Waals surface area contributed by atoms with Gasteiger partial charge in [0.1, 0.15) is 5.69 Å². The minimum absolute atomic E-state index is 0.0387. The number of aromatic nitrogens is 2. The first kappa shape index (κ1) is 20.0. The predicted molar refractivity (Wildman–Crippen MR) is 102 cm³/mol. The molecule has 1 N–H and O–H groups in total. The van der Waals surface area contributed by atoms with Crippen LogP contribution in [0, 0.1) is 10.1 Å².